The third kappa shape index (κ3) is 3.24. The smallest absolute Gasteiger partial charge is 0.147 e. The number of rotatable bonds is 6. The van der Waals surface area contributed by atoms with Gasteiger partial charge in [0.05, 0.1) is 5.75 Å². The number of hydrogen-bond acceptors (Lipinski definition) is 3. The summed E-state index contributed by atoms with van der Waals surface area (Å²) in [5, 5.41) is 3.39. The summed E-state index contributed by atoms with van der Waals surface area (Å²) in [6.45, 7) is 5.21. The van der Waals surface area contributed by atoms with E-state index in [0.717, 1.165) is 13.0 Å². The molecule has 0 aromatic carbocycles. The SMILES string of the molecule is CCNC(C)C1(CCS(C)(=O)=O)CC1. The second-order valence-electron chi connectivity index (χ2n) is 4.52. The predicted molar refractivity (Wildman–Crippen MR) is 59.1 cm³/mol. The van der Waals surface area contributed by atoms with E-state index < -0.39 is 9.84 Å². The van der Waals surface area contributed by atoms with Crippen molar-refractivity contribution >= 4 is 9.84 Å². The molecular formula is C10H21NO2S. The highest BCUT2D eigenvalue weighted by Crippen LogP contribution is 2.51. The third-order valence-electron chi connectivity index (χ3n) is 3.29. The Kier molecular flexibility index (Phi) is 3.58. The minimum atomic E-state index is -2.79. The van der Waals surface area contributed by atoms with Crippen molar-refractivity contribution in [3.05, 3.63) is 0 Å². The van der Waals surface area contributed by atoms with Gasteiger partial charge in [-0.15, -0.1) is 0 Å². The van der Waals surface area contributed by atoms with Gasteiger partial charge in [-0.25, -0.2) is 8.42 Å². The van der Waals surface area contributed by atoms with Crippen LogP contribution in [0.5, 0.6) is 0 Å². The van der Waals surface area contributed by atoms with Crippen molar-refractivity contribution < 1.29 is 8.42 Å². The Hall–Kier alpha value is -0.0900. The van der Waals surface area contributed by atoms with Gasteiger partial charge < -0.3 is 5.32 Å². The van der Waals surface area contributed by atoms with Gasteiger partial charge in [0.1, 0.15) is 9.84 Å². The van der Waals surface area contributed by atoms with Crippen LogP contribution in [-0.2, 0) is 9.84 Å². The minimum Gasteiger partial charge on any atom is -0.314 e. The normalized spacial score (nSPS) is 21.9. The standard InChI is InChI=1S/C10H21NO2S/c1-4-11-9(2)10(5-6-10)7-8-14(3,12)13/h9,11H,4-8H2,1-3H3. The summed E-state index contributed by atoms with van der Waals surface area (Å²) in [4.78, 5) is 0. The van der Waals surface area contributed by atoms with Crippen LogP contribution in [0.1, 0.15) is 33.1 Å². The molecule has 0 spiro atoms. The predicted octanol–water partition coefficient (Wildman–Crippen LogP) is 1.20. The summed E-state index contributed by atoms with van der Waals surface area (Å²) in [6.07, 6.45) is 4.49. The molecule has 1 rings (SSSR count). The molecule has 1 aliphatic rings. The lowest BCUT2D eigenvalue weighted by Gasteiger charge is -2.23. The molecule has 1 N–H and O–H groups in total. The van der Waals surface area contributed by atoms with Gasteiger partial charge in [-0.1, -0.05) is 6.92 Å². The average molecular weight is 219 g/mol. The Labute approximate surface area is 87.2 Å². The van der Waals surface area contributed by atoms with Crippen LogP contribution in [0.4, 0.5) is 0 Å². The molecule has 0 bridgehead atoms. The van der Waals surface area contributed by atoms with Crippen molar-refractivity contribution in [1.82, 2.24) is 5.32 Å². The van der Waals surface area contributed by atoms with E-state index in [1.165, 1.54) is 19.1 Å². The van der Waals surface area contributed by atoms with Crippen LogP contribution >= 0.6 is 0 Å². The van der Waals surface area contributed by atoms with E-state index in [-0.39, 0.29) is 5.41 Å². The van der Waals surface area contributed by atoms with Crippen LogP contribution < -0.4 is 5.32 Å². The van der Waals surface area contributed by atoms with Gasteiger partial charge in [-0.3, -0.25) is 0 Å². The van der Waals surface area contributed by atoms with Crippen molar-refractivity contribution in [2.45, 2.75) is 39.2 Å². The van der Waals surface area contributed by atoms with Gasteiger partial charge >= 0.3 is 0 Å². The molecule has 3 nitrogen and oxygen atoms in total. The first-order valence-electron chi connectivity index (χ1n) is 5.31. The number of sulfone groups is 1. The van der Waals surface area contributed by atoms with Crippen LogP contribution in [0, 0.1) is 5.41 Å². The van der Waals surface area contributed by atoms with E-state index >= 15 is 0 Å². The molecule has 1 aliphatic carbocycles. The summed E-state index contributed by atoms with van der Waals surface area (Å²) in [7, 11) is -2.79. The molecule has 14 heavy (non-hydrogen) atoms. The number of hydrogen-bond donors (Lipinski definition) is 1. The first kappa shape index (κ1) is 12.0. The van der Waals surface area contributed by atoms with E-state index in [1.807, 2.05) is 0 Å². The second-order valence-corrected chi connectivity index (χ2v) is 6.78. The third-order valence-corrected chi connectivity index (χ3v) is 4.24. The fourth-order valence-electron chi connectivity index (χ4n) is 1.97. The van der Waals surface area contributed by atoms with E-state index in [1.54, 1.807) is 0 Å². The summed E-state index contributed by atoms with van der Waals surface area (Å²) in [5.74, 6) is 0.336. The van der Waals surface area contributed by atoms with Crippen LogP contribution in [-0.4, -0.2) is 33.0 Å². The molecule has 0 aliphatic heterocycles. The maximum Gasteiger partial charge on any atom is 0.147 e. The largest absolute Gasteiger partial charge is 0.314 e. The maximum absolute atomic E-state index is 11.1. The van der Waals surface area contributed by atoms with Crippen LogP contribution in [0.15, 0.2) is 0 Å². The second kappa shape index (κ2) is 4.19. The van der Waals surface area contributed by atoms with Gasteiger partial charge in [0.25, 0.3) is 0 Å². The highest BCUT2D eigenvalue weighted by molar-refractivity contribution is 7.90. The van der Waals surface area contributed by atoms with E-state index in [2.05, 4.69) is 19.2 Å². The zero-order valence-corrected chi connectivity index (χ0v) is 10.2. The zero-order valence-electron chi connectivity index (χ0n) is 9.34. The average Bonchev–Trinajstić information content (AvgIpc) is 2.80. The lowest BCUT2D eigenvalue weighted by Crippen LogP contribution is -2.35. The fraction of sp³-hybridized carbons (Fsp3) is 1.00. The summed E-state index contributed by atoms with van der Waals surface area (Å²) >= 11 is 0. The molecule has 0 aromatic rings. The van der Waals surface area contributed by atoms with Crippen LogP contribution in [0.25, 0.3) is 0 Å². The fourth-order valence-corrected chi connectivity index (χ4v) is 2.75. The Morgan fingerprint density at radius 3 is 2.36 bits per heavy atom. The molecule has 0 aromatic heterocycles. The highest BCUT2D eigenvalue weighted by atomic mass is 32.2. The van der Waals surface area contributed by atoms with Crippen LogP contribution in [0.3, 0.4) is 0 Å². The molecule has 0 heterocycles. The molecular weight excluding hydrogens is 198 g/mol. The van der Waals surface area contributed by atoms with Crippen molar-refractivity contribution in [3.8, 4) is 0 Å². The summed E-state index contributed by atoms with van der Waals surface area (Å²) in [6, 6.07) is 0.453. The molecule has 0 radical (unpaired) electrons. The molecule has 4 heteroatoms. The maximum atomic E-state index is 11.1. The quantitative estimate of drug-likeness (QED) is 0.730. The van der Waals surface area contributed by atoms with Crippen molar-refractivity contribution in [1.29, 1.82) is 0 Å². The molecule has 1 saturated carbocycles. The van der Waals surface area contributed by atoms with Gasteiger partial charge in [-0.05, 0) is 38.1 Å². The van der Waals surface area contributed by atoms with Gasteiger partial charge in [-0.2, -0.15) is 0 Å². The first-order chi connectivity index (χ1) is 6.40. The minimum absolute atomic E-state index is 0.277. The number of nitrogens with one attached hydrogen (secondary N) is 1. The summed E-state index contributed by atoms with van der Waals surface area (Å²) in [5.41, 5.74) is 0.277. The van der Waals surface area contributed by atoms with E-state index in [0.29, 0.717) is 11.8 Å². The van der Waals surface area contributed by atoms with Crippen LogP contribution in [0.2, 0.25) is 0 Å². The van der Waals surface area contributed by atoms with Gasteiger partial charge in [0.2, 0.25) is 0 Å². The highest BCUT2D eigenvalue weighted by Gasteiger charge is 2.46. The lowest BCUT2D eigenvalue weighted by molar-refractivity contribution is 0.348. The Morgan fingerprint density at radius 1 is 1.43 bits per heavy atom. The molecule has 1 fully saturated rings. The zero-order chi connectivity index (χ0) is 10.8. The van der Waals surface area contributed by atoms with E-state index in [4.69, 9.17) is 0 Å². The first-order valence-corrected chi connectivity index (χ1v) is 7.37. The summed E-state index contributed by atoms with van der Waals surface area (Å²) < 4.78 is 22.1. The van der Waals surface area contributed by atoms with Crippen molar-refractivity contribution in [3.63, 3.8) is 0 Å². The monoisotopic (exact) mass is 219 g/mol. The Balaban J connectivity index is 2.43. The van der Waals surface area contributed by atoms with E-state index in [9.17, 15) is 8.42 Å². The molecule has 0 saturated heterocycles. The van der Waals surface area contributed by atoms with Crippen molar-refractivity contribution in [2.75, 3.05) is 18.6 Å². The van der Waals surface area contributed by atoms with Gasteiger partial charge in [0.15, 0.2) is 0 Å². The molecule has 1 atom stereocenters. The molecule has 0 amide bonds. The topological polar surface area (TPSA) is 46.2 Å². The Morgan fingerprint density at radius 2 is 2.00 bits per heavy atom. The molecule has 1 unspecified atom stereocenters. The molecule has 84 valence electrons. The lowest BCUT2D eigenvalue weighted by atomic mass is 9.95. The van der Waals surface area contributed by atoms with Crippen molar-refractivity contribution in [2.24, 2.45) is 5.41 Å². The van der Waals surface area contributed by atoms with Gasteiger partial charge in [0, 0.05) is 12.3 Å². The Bertz CT molecular complexity index is 280.